The zero-order valence-corrected chi connectivity index (χ0v) is 13.3. The van der Waals surface area contributed by atoms with Crippen LogP contribution < -0.4 is 5.40 Å². The lowest BCUT2D eigenvalue weighted by Gasteiger charge is -2.37. The lowest BCUT2D eigenvalue weighted by Crippen LogP contribution is -2.57. The molecular formula is C12H24N2O4Si. The molecule has 1 saturated heterocycles. The molecule has 1 rings (SSSR count). The van der Waals surface area contributed by atoms with Gasteiger partial charge in [0.05, 0.1) is 6.61 Å². The van der Waals surface area contributed by atoms with Crippen molar-refractivity contribution in [3.05, 3.63) is 0 Å². The molecule has 2 atom stereocenters. The monoisotopic (exact) mass is 288 g/mol. The average molecular weight is 288 g/mol. The van der Waals surface area contributed by atoms with Crippen LogP contribution in [-0.4, -0.2) is 50.3 Å². The topological polar surface area (TPSA) is 81.9 Å². The molecule has 1 aliphatic rings. The summed E-state index contributed by atoms with van der Waals surface area (Å²) >= 11 is 0. The van der Waals surface area contributed by atoms with Crippen LogP contribution in [0.4, 0.5) is 4.79 Å². The molecule has 2 N–H and O–H groups in total. The SMILES string of the molecule is CCOC(=O)[C@H]1CC[Si@H](N)CN1C(=O)OC(C)(C)C. The normalized spacial score (nSPS) is 23.9. The van der Waals surface area contributed by atoms with Gasteiger partial charge < -0.3 is 14.9 Å². The number of carbonyl (C=O) groups is 2. The minimum absolute atomic E-state index is 0.307. The molecule has 0 aromatic heterocycles. The van der Waals surface area contributed by atoms with Crippen LogP contribution in [0.25, 0.3) is 0 Å². The molecule has 0 saturated carbocycles. The van der Waals surface area contributed by atoms with Gasteiger partial charge in [-0.2, -0.15) is 0 Å². The zero-order valence-electron chi connectivity index (χ0n) is 12.1. The van der Waals surface area contributed by atoms with Crippen LogP contribution >= 0.6 is 0 Å². The Morgan fingerprint density at radius 2 is 2.05 bits per heavy atom. The largest absolute Gasteiger partial charge is 0.464 e. The highest BCUT2D eigenvalue weighted by Gasteiger charge is 2.38. The van der Waals surface area contributed by atoms with Gasteiger partial charge in [-0.3, -0.25) is 4.90 Å². The van der Waals surface area contributed by atoms with Gasteiger partial charge in [0.25, 0.3) is 0 Å². The molecule has 1 amide bonds. The molecule has 1 fully saturated rings. The number of hydrogen-bond donors (Lipinski definition) is 1. The quantitative estimate of drug-likeness (QED) is 0.600. The van der Waals surface area contributed by atoms with Crippen molar-refractivity contribution < 1.29 is 19.1 Å². The summed E-state index contributed by atoms with van der Waals surface area (Å²) in [6.45, 7) is 7.45. The Morgan fingerprint density at radius 1 is 1.42 bits per heavy atom. The standard InChI is InChI=1S/C12H24N2O4Si/c1-5-17-10(15)9-6-7-19(13)8-14(9)11(16)18-12(2,3)4/h9,19H,5-8,13H2,1-4H3/t9-,19+/m1/s1. The van der Waals surface area contributed by atoms with E-state index in [9.17, 15) is 9.59 Å². The molecule has 7 heteroatoms. The predicted octanol–water partition coefficient (Wildman–Crippen LogP) is 0.781. The van der Waals surface area contributed by atoms with Crippen LogP contribution in [0.1, 0.15) is 34.1 Å². The first-order valence-electron chi connectivity index (χ1n) is 6.66. The lowest BCUT2D eigenvalue weighted by molar-refractivity contribution is -0.149. The first kappa shape index (κ1) is 16.0. The van der Waals surface area contributed by atoms with Crippen molar-refractivity contribution in [2.24, 2.45) is 5.40 Å². The van der Waals surface area contributed by atoms with E-state index in [2.05, 4.69) is 0 Å². The van der Waals surface area contributed by atoms with Crippen LogP contribution in [0.2, 0.25) is 6.04 Å². The summed E-state index contributed by atoms with van der Waals surface area (Å²) in [6, 6.07) is 0.282. The summed E-state index contributed by atoms with van der Waals surface area (Å²) in [5.74, 6) is -0.366. The van der Waals surface area contributed by atoms with Crippen LogP contribution in [0.3, 0.4) is 0 Å². The summed E-state index contributed by atoms with van der Waals surface area (Å²) < 4.78 is 10.3. The molecule has 0 spiro atoms. The van der Waals surface area contributed by atoms with Gasteiger partial charge in [-0.1, -0.05) is 0 Å². The highest BCUT2D eigenvalue weighted by Crippen LogP contribution is 2.20. The molecule has 0 aromatic carbocycles. The molecule has 0 unspecified atom stereocenters. The fraction of sp³-hybridized carbons (Fsp3) is 0.833. The van der Waals surface area contributed by atoms with Crippen molar-refractivity contribution in [1.82, 2.24) is 4.90 Å². The maximum Gasteiger partial charge on any atom is 0.410 e. The number of hydrogen-bond acceptors (Lipinski definition) is 5. The summed E-state index contributed by atoms with van der Waals surface area (Å²) in [5, 5.41) is 6.00. The van der Waals surface area contributed by atoms with Crippen molar-refractivity contribution in [3.63, 3.8) is 0 Å². The lowest BCUT2D eigenvalue weighted by atomic mass is 10.2. The molecular weight excluding hydrogens is 264 g/mol. The van der Waals surface area contributed by atoms with Crippen LogP contribution in [-0.2, 0) is 14.3 Å². The number of amides is 1. The number of carbonyl (C=O) groups excluding carboxylic acids is 2. The van der Waals surface area contributed by atoms with Crippen molar-refractivity contribution >= 4 is 21.0 Å². The first-order valence-corrected chi connectivity index (χ1v) is 8.96. The Labute approximate surface area is 115 Å². The second-order valence-corrected chi connectivity index (χ2v) is 8.20. The number of esters is 1. The Hall–Kier alpha value is -1.08. The van der Waals surface area contributed by atoms with Crippen molar-refractivity contribution in [2.45, 2.75) is 51.8 Å². The molecule has 0 bridgehead atoms. The van der Waals surface area contributed by atoms with Crippen LogP contribution in [0.5, 0.6) is 0 Å². The minimum atomic E-state index is -1.46. The third-order valence-electron chi connectivity index (χ3n) is 2.81. The van der Waals surface area contributed by atoms with E-state index in [-0.39, 0.29) is 5.97 Å². The number of nitrogens with zero attached hydrogens (tertiary/aromatic N) is 1. The summed E-state index contributed by atoms with van der Waals surface area (Å²) in [5.41, 5.74) is -0.584. The third-order valence-corrected chi connectivity index (χ3v) is 4.74. The van der Waals surface area contributed by atoms with E-state index < -0.39 is 26.7 Å². The third kappa shape index (κ3) is 4.83. The van der Waals surface area contributed by atoms with Gasteiger partial charge in [-0.15, -0.1) is 0 Å². The zero-order chi connectivity index (χ0) is 14.6. The highest BCUT2D eigenvalue weighted by atomic mass is 28.3. The van der Waals surface area contributed by atoms with Crippen LogP contribution in [0.15, 0.2) is 0 Å². The Bertz CT molecular complexity index is 343. The maximum absolute atomic E-state index is 12.1. The number of ether oxygens (including phenoxy) is 2. The molecule has 0 aromatic rings. The second kappa shape index (κ2) is 6.38. The highest BCUT2D eigenvalue weighted by molar-refractivity contribution is 6.56. The van der Waals surface area contributed by atoms with Crippen molar-refractivity contribution in [3.8, 4) is 0 Å². The summed E-state index contributed by atoms with van der Waals surface area (Å²) in [6.07, 6.45) is 0.553. The van der Waals surface area contributed by atoms with E-state index >= 15 is 0 Å². The Morgan fingerprint density at radius 3 is 2.58 bits per heavy atom. The fourth-order valence-corrected chi connectivity index (χ4v) is 3.84. The molecule has 19 heavy (non-hydrogen) atoms. The number of nitrogens with two attached hydrogens (primary N) is 1. The molecule has 0 radical (unpaired) electrons. The first-order chi connectivity index (χ1) is 8.74. The molecule has 1 heterocycles. The Kier molecular flexibility index (Phi) is 5.36. The van der Waals surface area contributed by atoms with Crippen molar-refractivity contribution in [1.29, 1.82) is 0 Å². The van der Waals surface area contributed by atoms with Gasteiger partial charge in [0.2, 0.25) is 0 Å². The average Bonchev–Trinajstić information content (AvgIpc) is 2.26. The van der Waals surface area contributed by atoms with E-state index in [0.717, 1.165) is 6.04 Å². The molecule has 1 aliphatic heterocycles. The van der Waals surface area contributed by atoms with Gasteiger partial charge in [-0.25, -0.2) is 9.59 Å². The minimum Gasteiger partial charge on any atom is -0.464 e. The van der Waals surface area contributed by atoms with Gasteiger partial charge in [0.1, 0.15) is 20.6 Å². The Balaban J connectivity index is 2.78. The second-order valence-electron chi connectivity index (χ2n) is 5.74. The summed E-state index contributed by atoms with van der Waals surface area (Å²) in [7, 11) is -1.46. The van der Waals surface area contributed by atoms with Gasteiger partial charge in [0.15, 0.2) is 0 Å². The van der Waals surface area contributed by atoms with Gasteiger partial charge in [-0.05, 0) is 40.2 Å². The maximum atomic E-state index is 12.1. The van der Waals surface area contributed by atoms with E-state index in [0.29, 0.717) is 19.2 Å². The molecule has 0 aliphatic carbocycles. The van der Waals surface area contributed by atoms with Crippen LogP contribution in [0, 0.1) is 0 Å². The smallest absolute Gasteiger partial charge is 0.410 e. The van der Waals surface area contributed by atoms with Gasteiger partial charge in [0, 0.05) is 6.17 Å². The van der Waals surface area contributed by atoms with E-state index in [1.54, 1.807) is 27.7 Å². The predicted molar refractivity (Wildman–Crippen MR) is 74.1 cm³/mol. The van der Waals surface area contributed by atoms with Gasteiger partial charge >= 0.3 is 12.1 Å². The number of rotatable bonds is 2. The fourth-order valence-electron chi connectivity index (χ4n) is 2.00. The van der Waals surface area contributed by atoms with E-state index in [4.69, 9.17) is 14.9 Å². The molecule has 110 valence electrons. The molecule has 6 nitrogen and oxygen atoms in total. The summed E-state index contributed by atoms with van der Waals surface area (Å²) in [4.78, 5) is 25.5. The van der Waals surface area contributed by atoms with E-state index in [1.807, 2.05) is 0 Å². The van der Waals surface area contributed by atoms with E-state index in [1.165, 1.54) is 4.90 Å². The van der Waals surface area contributed by atoms with Crippen molar-refractivity contribution in [2.75, 3.05) is 12.8 Å².